The van der Waals surface area contributed by atoms with Gasteiger partial charge in [0.2, 0.25) is 5.95 Å². The lowest BCUT2D eigenvalue weighted by atomic mass is 9.52. The molecule has 0 radical (unpaired) electrons. The van der Waals surface area contributed by atoms with Crippen LogP contribution in [0, 0.1) is 17.8 Å². The van der Waals surface area contributed by atoms with Crippen molar-refractivity contribution >= 4 is 11.9 Å². The number of hydrogen-bond donors (Lipinski definition) is 2. The third-order valence-corrected chi connectivity index (χ3v) is 8.85. The first-order valence-corrected chi connectivity index (χ1v) is 12.7. The summed E-state index contributed by atoms with van der Waals surface area (Å²) < 4.78 is 5.68. The second-order valence-corrected chi connectivity index (χ2v) is 11.3. The van der Waals surface area contributed by atoms with E-state index in [-0.39, 0.29) is 18.1 Å². The highest BCUT2D eigenvalue weighted by molar-refractivity contribution is 5.95. The molecule has 3 atom stereocenters. The molecule has 2 heterocycles. The van der Waals surface area contributed by atoms with Crippen LogP contribution in [0.4, 0.5) is 5.95 Å². The summed E-state index contributed by atoms with van der Waals surface area (Å²) in [7, 11) is 0. The Morgan fingerprint density at radius 2 is 1.97 bits per heavy atom. The molecule has 2 N–H and O–H groups in total. The van der Waals surface area contributed by atoms with E-state index in [1.54, 1.807) is 6.20 Å². The number of rotatable bonds is 4. The molecule has 6 aliphatic rings. The Morgan fingerprint density at radius 1 is 1.22 bits per heavy atom. The minimum absolute atomic E-state index is 0.0155. The predicted molar refractivity (Wildman–Crippen MR) is 121 cm³/mol. The van der Waals surface area contributed by atoms with E-state index in [2.05, 4.69) is 22.1 Å². The highest BCUT2D eigenvalue weighted by Crippen LogP contribution is 2.55. The number of amides is 1. The van der Waals surface area contributed by atoms with E-state index in [9.17, 15) is 9.90 Å². The van der Waals surface area contributed by atoms with Gasteiger partial charge in [-0.2, -0.15) is 0 Å². The van der Waals surface area contributed by atoms with Gasteiger partial charge in [-0.25, -0.2) is 9.97 Å². The minimum atomic E-state index is -0.479. The van der Waals surface area contributed by atoms with Crippen LogP contribution >= 0.6 is 0 Å². The number of nitrogens with zero attached hydrogens (tertiary/aromatic N) is 3. The molecule has 5 aliphatic carbocycles. The second-order valence-electron chi connectivity index (χ2n) is 11.3. The van der Waals surface area contributed by atoms with Crippen molar-refractivity contribution in [1.29, 1.82) is 0 Å². The maximum atomic E-state index is 13.5. The molecule has 1 amide bonds. The Morgan fingerprint density at radius 3 is 2.66 bits per heavy atom. The van der Waals surface area contributed by atoms with Crippen molar-refractivity contribution < 1.29 is 14.6 Å². The van der Waals surface area contributed by atoms with Crippen LogP contribution < -0.4 is 10.2 Å². The lowest BCUT2D eigenvalue weighted by molar-refractivity contribution is -0.136. The standard InChI is InChI=1S/C25H36N4O3/c1-15-14-29(6-7-32-15)24-26-13-20(22(28-24)17-4-2-3-5-17)23(30)27-21-18-8-16-9-19(21)12-25(31,10-16)11-18/h13,15-19,21,31H,2-12,14H2,1H3,(H,27,30)/t15-,16?,18?,19?,21-,25+/m0/s1. The van der Waals surface area contributed by atoms with E-state index in [1.165, 1.54) is 12.8 Å². The van der Waals surface area contributed by atoms with Crippen molar-refractivity contribution in [3.63, 3.8) is 0 Å². The van der Waals surface area contributed by atoms with Crippen LogP contribution in [-0.4, -0.2) is 58.4 Å². The summed E-state index contributed by atoms with van der Waals surface area (Å²) in [4.78, 5) is 25.4. The molecule has 1 aromatic heterocycles. The highest BCUT2D eigenvalue weighted by Gasteiger charge is 2.55. The first-order valence-electron chi connectivity index (χ1n) is 12.7. The predicted octanol–water partition coefficient (Wildman–Crippen LogP) is 3.03. The van der Waals surface area contributed by atoms with E-state index < -0.39 is 5.60 Å². The Labute approximate surface area is 190 Å². The van der Waals surface area contributed by atoms with Gasteiger partial charge in [-0.05, 0) is 69.6 Å². The summed E-state index contributed by atoms with van der Waals surface area (Å²) >= 11 is 0. The van der Waals surface area contributed by atoms with Gasteiger partial charge in [-0.1, -0.05) is 12.8 Å². The average Bonchev–Trinajstić information content (AvgIpc) is 3.29. The largest absolute Gasteiger partial charge is 0.390 e. The zero-order valence-electron chi connectivity index (χ0n) is 19.1. The number of nitrogens with one attached hydrogen (secondary N) is 1. The molecular weight excluding hydrogens is 404 g/mol. The van der Waals surface area contributed by atoms with E-state index >= 15 is 0 Å². The fraction of sp³-hybridized carbons (Fsp3) is 0.800. The fourth-order valence-electron chi connectivity index (χ4n) is 7.67. The molecule has 5 saturated carbocycles. The number of ether oxygens (including phenoxy) is 1. The normalized spacial score (nSPS) is 38.9. The molecular formula is C25H36N4O3. The van der Waals surface area contributed by atoms with Gasteiger partial charge in [0.1, 0.15) is 0 Å². The molecule has 6 fully saturated rings. The van der Waals surface area contributed by atoms with Crippen molar-refractivity contribution in [2.45, 2.75) is 88.4 Å². The lowest BCUT2D eigenvalue weighted by Gasteiger charge is -2.58. The minimum Gasteiger partial charge on any atom is -0.390 e. The smallest absolute Gasteiger partial charge is 0.254 e. The third kappa shape index (κ3) is 3.71. The summed E-state index contributed by atoms with van der Waals surface area (Å²) in [6.07, 6.45) is 11.5. The Bertz CT molecular complexity index is 870. The van der Waals surface area contributed by atoms with Crippen LogP contribution in [0.3, 0.4) is 0 Å². The number of aromatic nitrogens is 2. The monoisotopic (exact) mass is 440 g/mol. The van der Waals surface area contributed by atoms with Crippen molar-refractivity contribution in [2.75, 3.05) is 24.6 Å². The van der Waals surface area contributed by atoms with Crippen LogP contribution in [-0.2, 0) is 4.74 Å². The molecule has 1 aliphatic heterocycles. The van der Waals surface area contributed by atoms with Gasteiger partial charge in [0.25, 0.3) is 5.91 Å². The summed E-state index contributed by atoms with van der Waals surface area (Å²) in [5.41, 5.74) is 1.12. The summed E-state index contributed by atoms with van der Waals surface area (Å²) in [6, 6.07) is 0.176. The molecule has 1 saturated heterocycles. The number of carbonyl (C=O) groups is 1. The van der Waals surface area contributed by atoms with Crippen LogP contribution in [0.5, 0.6) is 0 Å². The van der Waals surface area contributed by atoms with E-state index in [4.69, 9.17) is 9.72 Å². The fourth-order valence-corrected chi connectivity index (χ4v) is 7.67. The van der Waals surface area contributed by atoms with E-state index in [1.807, 2.05) is 0 Å². The number of hydrogen-bond acceptors (Lipinski definition) is 6. The van der Waals surface area contributed by atoms with Gasteiger partial charge in [-0.15, -0.1) is 0 Å². The average molecular weight is 441 g/mol. The zero-order valence-corrected chi connectivity index (χ0v) is 19.1. The molecule has 7 rings (SSSR count). The van der Waals surface area contributed by atoms with Crippen LogP contribution in [0.2, 0.25) is 0 Å². The van der Waals surface area contributed by atoms with Gasteiger partial charge < -0.3 is 20.1 Å². The van der Waals surface area contributed by atoms with Crippen molar-refractivity contribution in [3.05, 3.63) is 17.5 Å². The summed E-state index contributed by atoms with van der Waals surface area (Å²) in [5.74, 6) is 2.50. The zero-order chi connectivity index (χ0) is 21.9. The third-order valence-electron chi connectivity index (χ3n) is 8.85. The number of aliphatic hydroxyl groups is 1. The van der Waals surface area contributed by atoms with Gasteiger partial charge in [0, 0.05) is 31.2 Å². The second kappa shape index (κ2) is 7.94. The molecule has 7 heteroatoms. The van der Waals surface area contributed by atoms with E-state index in [0.29, 0.717) is 35.8 Å². The number of carbonyl (C=O) groups excluding carboxylic acids is 1. The summed E-state index contributed by atoms with van der Waals surface area (Å²) in [6.45, 7) is 4.33. The lowest BCUT2D eigenvalue weighted by Crippen LogP contribution is -2.61. The number of anilines is 1. The van der Waals surface area contributed by atoms with Crippen LogP contribution in [0.1, 0.15) is 86.7 Å². The Kier molecular flexibility index (Phi) is 5.17. The topological polar surface area (TPSA) is 87.6 Å². The molecule has 4 bridgehead atoms. The quantitative estimate of drug-likeness (QED) is 0.748. The number of morpholine rings is 1. The molecule has 1 aromatic rings. The molecule has 2 unspecified atom stereocenters. The molecule has 7 nitrogen and oxygen atoms in total. The summed E-state index contributed by atoms with van der Waals surface area (Å²) in [5, 5.41) is 14.3. The van der Waals surface area contributed by atoms with Crippen molar-refractivity contribution in [1.82, 2.24) is 15.3 Å². The SMILES string of the molecule is C[C@H]1CN(c2ncc(C(=O)N[C@H]3C4CC5CC3C[C@@](O)(C5)C4)c(C3CCCC3)n2)CCO1. The Hall–Kier alpha value is -1.73. The van der Waals surface area contributed by atoms with Gasteiger partial charge in [0.05, 0.1) is 29.6 Å². The van der Waals surface area contributed by atoms with Crippen LogP contribution in [0.25, 0.3) is 0 Å². The maximum absolute atomic E-state index is 13.5. The van der Waals surface area contributed by atoms with Gasteiger partial charge >= 0.3 is 0 Å². The van der Waals surface area contributed by atoms with Crippen molar-refractivity contribution in [3.8, 4) is 0 Å². The molecule has 174 valence electrons. The van der Waals surface area contributed by atoms with Gasteiger partial charge in [-0.3, -0.25) is 4.79 Å². The van der Waals surface area contributed by atoms with E-state index in [0.717, 1.165) is 69.7 Å². The molecule has 0 aromatic carbocycles. The molecule has 0 spiro atoms. The Balaban J connectivity index is 1.25. The van der Waals surface area contributed by atoms with Gasteiger partial charge in [0.15, 0.2) is 0 Å². The highest BCUT2D eigenvalue weighted by atomic mass is 16.5. The first-order chi connectivity index (χ1) is 15.5. The first kappa shape index (κ1) is 20.8. The molecule has 32 heavy (non-hydrogen) atoms. The van der Waals surface area contributed by atoms with Crippen LogP contribution in [0.15, 0.2) is 6.20 Å². The van der Waals surface area contributed by atoms with Crippen molar-refractivity contribution in [2.24, 2.45) is 17.8 Å². The maximum Gasteiger partial charge on any atom is 0.254 e.